The lowest BCUT2D eigenvalue weighted by Crippen LogP contribution is -2.23. The molecule has 130 valence electrons. The standard InChI is InChI=1S/C22H25NO2/c1-15(18-10-9-17-7-5-6-8-19(17)13-18)23-16(2)21-14-20(24-3)11-12-22(21)25-4/h5-16,23H,1-4H3. The van der Waals surface area contributed by atoms with Gasteiger partial charge in [-0.15, -0.1) is 0 Å². The van der Waals surface area contributed by atoms with E-state index in [-0.39, 0.29) is 12.1 Å². The van der Waals surface area contributed by atoms with Gasteiger partial charge in [0, 0.05) is 17.6 Å². The van der Waals surface area contributed by atoms with Crippen molar-refractivity contribution in [2.75, 3.05) is 14.2 Å². The van der Waals surface area contributed by atoms with E-state index in [0.717, 1.165) is 17.1 Å². The normalized spacial score (nSPS) is 13.4. The third kappa shape index (κ3) is 3.77. The van der Waals surface area contributed by atoms with Crippen LogP contribution in [0.5, 0.6) is 11.5 Å². The number of hydrogen-bond acceptors (Lipinski definition) is 3. The van der Waals surface area contributed by atoms with Gasteiger partial charge in [0.1, 0.15) is 11.5 Å². The molecule has 0 amide bonds. The number of hydrogen-bond donors (Lipinski definition) is 1. The minimum Gasteiger partial charge on any atom is -0.497 e. The van der Waals surface area contributed by atoms with Gasteiger partial charge in [0.05, 0.1) is 14.2 Å². The number of benzene rings is 3. The highest BCUT2D eigenvalue weighted by Gasteiger charge is 2.16. The summed E-state index contributed by atoms with van der Waals surface area (Å²) >= 11 is 0. The first kappa shape index (κ1) is 17.3. The molecule has 0 aromatic heterocycles. The lowest BCUT2D eigenvalue weighted by atomic mass is 10.0. The zero-order valence-electron chi connectivity index (χ0n) is 15.2. The van der Waals surface area contributed by atoms with Crippen molar-refractivity contribution >= 4 is 10.8 Å². The van der Waals surface area contributed by atoms with Crippen LogP contribution in [0.1, 0.15) is 37.1 Å². The van der Waals surface area contributed by atoms with Gasteiger partial charge in [-0.1, -0.05) is 36.4 Å². The maximum Gasteiger partial charge on any atom is 0.123 e. The molecule has 0 heterocycles. The second-order valence-electron chi connectivity index (χ2n) is 6.32. The molecule has 2 unspecified atom stereocenters. The maximum absolute atomic E-state index is 5.52. The molecule has 0 bridgehead atoms. The predicted molar refractivity (Wildman–Crippen MR) is 103 cm³/mol. The molecule has 3 heteroatoms. The average Bonchev–Trinajstić information content (AvgIpc) is 2.66. The molecule has 3 nitrogen and oxygen atoms in total. The van der Waals surface area contributed by atoms with E-state index in [2.05, 4.69) is 61.6 Å². The molecule has 3 rings (SSSR count). The summed E-state index contributed by atoms with van der Waals surface area (Å²) in [6, 6.07) is 21.3. The van der Waals surface area contributed by atoms with Gasteiger partial charge in [-0.3, -0.25) is 0 Å². The molecule has 1 N–H and O–H groups in total. The molecule has 0 aliphatic carbocycles. The minimum absolute atomic E-state index is 0.131. The van der Waals surface area contributed by atoms with E-state index in [1.807, 2.05) is 18.2 Å². The number of fused-ring (bicyclic) bond motifs is 1. The molecule has 25 heavy (non-hydrogen) atoms. The predicted octanol–water partition coefficient (Wildman–Crippen LogP) is 5.27. The number of ether oxygens (including phenoxy) is 2. The van der Waals surface area contributed by atoms with Crippen molar-refractivity contribution in [3.63, 3.8) is 0 Å². The van der Waals surface area contributed by atoms with E-state index in [0.29, 0.717) is 0 Å². The van der Waals surface area contributed by atoms with Crippen LogP contribution in [-0.2, 0) is 0 Å². The molecule has 0 aliphatic heterocycles. The van der Waals surface area contributed by atoms with Crippen LogP contribution < -0.4 is 14.8 Å². The monoisotopic (exact) mass is 335 g/mol. The van der Waals surface area contributed by atoms with Crippen LogP contribution in [-0.4, -0.2) is 14.2 Å². The Balaban J connectivity index is 1.82. The number of rotatable bonds is 6. The summed E-state index contributed by atoms with van der Waals surface area (Å²) in [7, 11) is 3.38. The van der Waals surface area contributed by atoms with E-state index in [4.69, 9.17) is 9.47 Å². The van der Waals surface area contributed by atoms with Crippen molar-refractivity contribution in [3.05, 3.63) is 71.8 Å². The van der Waals surface area contributed by atoms with Crippen molar-refractivity contribution in [1.29, 1.82) is 0 Å². The van der Waals surface area contributed by atoms with Gasteiger partial charge in [0.15, 0.2) is 0 Å². The molecule has 0 radical (unpaired) electrons. The largest absolute Gasteiger partial charge is 0.497 e. The van der Waals surface area contributed by atoms with Gasteiger partial charge < -0.3 is 14.8 Å². The fraction of sp³-hybridized carbons (Fsp3) is 0.273. The Bertz CT molecular complexity index is 860. The highest BCUT2D eigenvalue weighted by atomic mass is 16.5. The Labute approximate surface area is 149 Å². The Kier molecular flexibility index (Phi) is 5.25. The van der Waals surface area contributed by atoms with Crippen molar-refractivity contribution in [2.24, 2.45) is 0 Å². The Morgan fingerprint density at radius 3 is 2.24 bits per heavy atom. The molecule has 0 saturated heterocycles. The zero-order chi connectivity index (χ0) is 17.8. The fourth-order valence-corrected chi connectivity index (χ4v) is 3.22. The topological polar surface area (TPSA) is 30.5 Å². The van der Waals surface area contributed by atoms with Gasteiger partial charge in [0.2, 0.25) is 0 Å². The summed E-state index contributed by atoms with van der Waals surface area (Å²) in [6.07, 6.45) is 0. The van der Waals surface area contributed by atoms with Crippen LogP contribution in [0.25, 0.3) is 10.8 Å². The summed E-state index contributed by atoms with van der Waals surface area (Å²) in [5.41, 5.74) is 2.36. The molecule has 0 aliphatic rings. The van der Waals surface area contributed by atoms with Crippen LogP contribution in [0.3, 0.4) is 0 Å². The van der Waals surface area contributed by atoms with Crippen LogP contribution in [0, 0.1) is 0 Å². The van der Waals surface area contributed by atoms with E-state index in [1.54, 1.807) is 14.2 Å². The first-order valence-electron chi connectivity index (χ1n) is 8.59. The zero-order valence-corrected chi connectivity index (χ0v) is 15.2. The summed E-state index contributed by atoms with van der Waals surface area (Å²) in [6.45, 7) is 4.34. The third-order valence-electron chi connectivity index (χ3n) is 4.68. The third-order valence-corrected chi connectivity index (χ3v) is 4.68. The van der Waals surface area contributed by atoms with Crippen molar-refractivity contribution < 1.29 is 9.47 Å². The Morgan fingerprint density at radius 2 is 1.52 bits per heavy atom. The highest BCUT2D eigenvalue weighted by Crippen LogP contribution is 2.31. The summed E-state index contributed by atoms with van der Waals surface area (Å²) in [5, 5.41) is 6.20. The molecular formula is C22H25NO2. The highest BCUT2D eigenvalue weighted by molar-refractivity contribution is 5.83. The SMILES string of the molecule is COc1ccc(OC)c(C(C)NC(C)c2ccc3ccccc3c2)c1. The first-order valence-corrected chi connectivity index (χ1v) is 8.59. The van der Waals surface area contributed by atoms with Crippen molar-refractivity contribution in [1.82, 2.24) is 5.32 Å². The second kappa shape index (κ2) is 7.58. The molecule has 3 aromatic carbocycles. The van der Waals surface area contributed by atoms with Crippen LogP contribution in [0.15, 0.2) is 60.7 Å². The molecule has 0 fully saturated rings. The molecule has 3 aromatic rings. The summed E-state index contributed by atoms with van der Waals surface area (Å²) in [4.78, 5) is 0. The summed E-state index contributed by atoms with van der Waals surface area (Å²) < 4.78 is 10.9. The lowest BCUT2D eigenvalue weighted by molar-refractivity contribution is 0.387. The Morgan fingerprint density at radius 1 is 0.760 bits per heavy atom. The molecule has 0 saturated carbocycles. The minimum atomic E-state index is 0.131. The smallest absolute Gasteiger partial charge is 0.123 e. The number of nitrogens with one attached hydrogen (secondary N) is 1. The Hall–Kier alpha value is -2.52. The van der Waals surface area contributed by atoms with E-state index in [1.165, 1.54) is 16.3 Å². The molecule has 0 spiro atoms. The average molecular weight is 335 g/mol. The lowest BCUT2D eigenvalue weighted by Gasteiger charge is -2.23. The van der Waals surface area contributed by atoms with Crippen molar-refractivity contribution in [2.45, 2.75) is 25.9 Å². The fourth-order valence-electron chi connectivity index (χ4n) is 3.22. The van der Waals surface area contributed by atoms with Gasteiger partial charge in [-0.25, -0.2) is 0 Å². The van der Waals surface area contributed by atoms with Crippen LogP contribution >= 0.6 is 0 Å². The first-order chi connectivity index (χ1) is 12.1. The van der Waals surface area contributed by atoms with Crippen molar-refractivity contribution in [3.8, 4) is 11.5 Å². The van der Waals surface area contributed by atoms with Gasteiger partial charge in [-0.2, -0.15) is 0 Å². The number of methoxy groups -OCH3 is 2. The molecular weight excluding hydrogens is 310 g/mol. The van der Waals surface area contributed by atoms with E-state index < -0.39 is 0 Å². The van der Waals surface area contributed by atoms with Gasteiger partial charge >= 0.3 is 0 Å². The summed E-state index contributed by atoms with van der Waals surface area (Å²) in [5.74, 6) is 1.70. The maximum atomic E-state index is 5.52. The second-order valence-corrected chi connectivity index (χ2v) is 6.32. The van der Waals surface area contributed by atoms with Gasteiger partial charge in [0.25, 0.3) is 0 Å². The quantitative estimate of drug-likeness (QED) is 0.666. The van der Waals surface area contributed by atoms with E-state index in [9.17, 15) is 0 Å². The van der Waals surface area contributed by atoms with E-state index >= 15 is 0 Å². The van der Waals surface area contributed by atoms with Crippen LogP contribution in [0.2, 0.25) is 0 Å². The van der Waals surface area contributed by atoms with Crippen LogP contribution in [0.4, 0.5) is 0 Å². The molecule has 2 atom stereocenters. The van der Waals surface area contributed by atoms with Gasteiger partial charge in [-0.05, 0) is 54.4 Å².